The first-order valence-electron chi connectivity index (χ1n) is 8.66. The fraction of sp³-hybridized carbons (Fsp3) is 0.368. The number of carbonyl (C=O) groups excluding carboxylic acids is 1. The zero-order chi connectivity index (χ0) is 17.4. The summed E-state index contributed by atoms with van der Waals surface area (Å²) in [5.74, 6) is 0.140. The molecule has 0 aliphatic carbocycles. The van der Waals surface area contributed by atoms with Gasteiger partial charge in [-0.3, -0.25) is 9.48 Å². The molecule has 1 aromatic carbocycles. The minimum absolute atomic E-state index is 0. The molecule has 26 heavy (non-hydrogen) atoms. The first-order valence-corrected chi connectivity index (χ1v) is 9.47. The Balaban J connectivity index is 0.00000196. The Kier molecular flexibility index (Phi) is 5.65. The molecule has 1 fully saturated rings. The number of nitrogens with zero attached hydrogens (tertiary/aromatic N) is 3. The number of aryl methyl sites for hydroxylation is 1. The van der Waals surface area contributed by atoms with Gasteiger partial charge in [-0.2, -0.15) is 5.10 Å². The number of benzene rings is 1. The van der Waals surface area contributed by atoms with Crippen LogP contribution in [0.3, 0.4) is 0 Å². The molecule has 0 radical (unpaired) electrons. The maximum atomic E-state index is 12.9. The average molecular weight is 391 g/mol. The molecule has 1 N–H and O–H groups in total. The van der Waals surface area contributed by atoms with Crippen molar-refractivity contribution in [3.8, 4) is 0 Å². The lowest BCUT2D eigenvalue weighted by atomic mass is 10.2. The lowest BCUT2D eigenvalue weighted by Crippen LogP contribution is -2.52. The first kappa shape index (κ1) is 18.9. The summed E-state index contributed by atoms with van der Waals surface area (Å²) in [6, 6.07) is 12.5. The summed E-state index contributed by atoms with van der Waals surface area (Å²) in [6.45, 7) is 7.32. The monoisotopic (exact) mass is 390 g/mol. The van der Waals surface area contributed by atoms with Gasteiger partial charge in [-0.15, -0.1) is 23.7 Å². The molecule has 1 atom stereocenters. The van der Waals surface area contributed by atoms with E-state index in [4.69, 9.17) is 0 Å². The Labute approximate surface area is 163 Å². The lowest BCUT2D eigenvalue weighted by Gasteiger charge is -2.33. The molecule has 2 aromatic heterocycles. The van der Waals surface area contributed by atoms with Gasteiger partial charge in [-0.1, -0.05) is 30.3 Å². The maximum absolute atomic E-state index is 12.9. The Morgan fingerprint density at radius 3 is 2.85 bits per heavy atom. The number of rotatable bonds is 3. The molecule has 138 valence electrons. The summed E-state index contributed by atoms with van der Waals surface area (Å²) in [6.07, 6.45) is 0. The van der Waals surface area contributed by atoms with Crippen LogP contribution < -0.4 is 5.32 Å². The molecule has 0 saturated carbocycles. The van der Waals surface area contributed by atoms with Gasteiger partial charge in [0, 0.05) is 31.1 Å². The molecule has 5 nitrogen and oxygen atoms in total. The number of carbonyl (C=O) groups is 1. The second kappa shape index (κ2) is 7.78. The van der Waals surface area contributed by atoms with Crippen LogP contribution in [0.1, 0.15) is 27.9 Å². The normalized spacial score (nSPS) is 17.3. The van der Waals surface area contributed by atoms with E-state index in [0.29, 0.717) is 0 Å². The van der Waals surface area contributed by atoms with Crippen LogP contribution in [-0.4, -0.2) is 46.3 Å². The summed E-state index contributed by atoms with van der Waals surface area (Å²) in [5.41, 5.74) is 2.19. The fourth-order valence-corrected chi connectivity index (χ4v) is 4.48. The first-order chi connectivity index (χ1) is 12.1. The number of aromatic nitrogens is 2. The highest BCUT2D eigenvalue weighted by molar-refractivity contribution is 7.20. The lowest BCUT2D eigenvalue weighted by molar-refractivity contribution is 0.0661. The summed E-state index contributed by atoms with van der Waals surface area (Å²) < 4.78 is 2.02. The standard InChI is InChI=1S/C19H22N4OS.ClH/c1-13-11-20-8-9-22(13)18(24)17-10-16-14(2)21-23(19(16)25-17)12-15-6-4-3-5-7-15;/h3-7,10,13,20H,8-9,11-12H2,1-2H3;1H/t13-;/m0./s1. The summed E-state index contributed by atoms with van der Waals surface area (Å²) in [7, 11) is 0. The van der Waals surface area contributed by atoms with E-state index in [0.717, 1.165) is 47.0 Å². The average Bonchev–Trinajstić information content (AvgIpc) is 3.18. The largest absolute Gasteiger partial charge is 0.333 e. The highest BCUT2D eigenvalue weighted by Gasteiger charge is 2.26. The van der Waals surface area contributed by atoms with E-state index in [-0.39, 0.29) is 24.4 Å². The predicted octanol–water partition coefficient (Wildman–Crippen LogP) is 3.31. The van der Waals surface area contributed by atoms with Crippen LogP contribution in [0.5, 0.6) is 0 Å². The summed E-state index contributed by atoms with van der Waals surface area (Å²) >= 11 is 1.56. The highest BCUT2D eigenvalue weighted by atomic mass is 35.5. The smallest absolute Gasteiger partial charge is 0.264 e. The molecule has 0 bridgehead atoms. The third kappa shape index (κ3) is 3.49. The number of fused-ring (bicyclic) bond motifs is 1. The molecular weight excluding hydrogens is 368 g/mol. The van der Waals surface area contributed by atoms with Gasteiger partial charge < -0.3 is 10.2 Å². The van der Waals surface area contributed by atoms with Gasteiger partial charge in [0.1, 0.15) is 4.83 Å². The number of piperazine rings is 1. The van der Waals surface area contributed by atoms with Crippen LogP contribution in [0, 0.1) is 6.92 Å². The van der Waals surface area contributed by atoms with Crippen LogP contribution in [0.15, 0.2) is 36.4 Å². The molecule has 7 heteroatoms. The molecular formula is C19H23ClN4OS. The second-order valence-corrected chi connectivity index (χ2v) is 7.64. The van der Waals surface area contributed by atoms with Crippen molar-refractivity contribution in [3.63, 3.8) is 0 Å². The zero-order valence-corrected chi connectivity index (χ0v) is 16.6. The van der Waals surface area contributed by atoms with E-state index in [1.54, 1.807) is 11.3 Å². The van der Waals surface area contributed by atoms with E-state index in [1.165, 1.54) is 5.56 Å². The Morgan fingerprint density at radius 1 is 1.35 bits per heavy atom. The molecule has 0 spiro atoms. The number of nitrogens with one attached hydrogen (secondary N) is 1. The van der Waals surface area contributed by atoms with E-state index in [1.807, 2.05) is 40.8 Å². The third-order valence-electron chi connectivity index (χ3n) is 4.76. The van der Waals surface area contributed by atoms with Crippen molar-refractivity contribution in [1.82, 2.24) is 20.0 Å². The number of hydrogen-bond acceptors (Lipinski definition) is 4. The second-order valence-electron chi connectivity index (χ2n) is 6.61. The molecule has 1 saturated heterocycles. The predicted molar refractivity (Wildman–Crippen MR) is 109 cm³/mol. The van der Waals surface area contributed by atoms with Gasteiger partial charge in [0.05, 0.1) is 17.1 Å². The van der Waals surface area contributed by atoms with Crippen molar-refractivity contribution in [1.29, 1.82) is 0 Å². The SMILES string of the molecule is Cc1nn(Cc2ccccc2)c2sc(C(=O)N3CCNC[C@@H]3C)cc12.Cl. The van der Waals surface area contributed by atoms with Gasteiger partial charge in [-0.05, 0) is 25.5 Å². The molecule has 1 aliphatic rings. The maximum Gasteiger partial charge on any atom is 0.264 e. The number of halogens is 1. The molecule has 3 aromatic rings. The Hall–Kier alpha value is -1.89. The van der Waals surface area contributed by atoms with Crippen molar-refractivity contribution in [2.75, 3.05) is 19.6 Å². The van der Waals surface area contributed by atoms with Crippen LogP contribution in [0.4, 0.5) is 0 Å². The van der Waals surface area contributed by atoms with Crippen molar-refractivity contribution >= 4 is 39.9 Å². The van der Waals surface area contributed by atoms with Crippen molar-refractivity contribution in [3.05, 3.63) is 52.5 Å². The summed E-state index contributed by atoms with van der Waals surface area (Å²) in [4.78, 5) is 16.8. The quantitative estimate of drug-likeness (QED) is 0.746. The topological polar surface area (TPSA) is 50.2 Å². The van der Waals surface area contributed by atoms with Crippen LogP contribution in [0.2, 0.25) is 0 Å². The van der Waals surface area contributed by atoms with E-state index >= 15 is 0 Å². The molecule has 1 aliphatic heterocycles. The van der Waals surface area contributed by atoms with E-state index in [9.17, 15) is 4.79 Å². The van der Waals surface area contributed by atoms with Gasteiger partial charge in [0.25, 0.3) is 5.91 Å². The fourth-order valence-electron chi connectivity index (χ4n) is 3.37. The van der Waals surface area contributed by atoms with Gasteiger partial charge >= 0.3 is 0 Å². The molecule has 3 heterocycles. The minimum atomic E-state index is 0. The van der Waals surface area contributed by atoms with Crippen LogP contribution >= 0.6 is 23.7 Å². The molecule has 4 rings (SSSR count). The third-order valence-corrected chi connectivity index (χ3v) is 5.89. The van der Waals surface area contributed by atoms with E-state index < -0.39 is 0 Å². The Morgan fingerprint density at radius 2 is 2.12 bits per heavy atom. The van der Waals surface area contributed by atoms with Crippen LogP contribution in [0.25, 0.3) is 10.2 Å². The number of thiophene rings is 1. The molecule has 0 unspecified atom stereocenters. The van der Waals surface area contributed by atoms with Gasteiger partial charge in [0.15, 0.2) is 0 Å². The van der Waals surface area contributed by atoms with Crippen molar-refractivity contribution in [2.24, 2.45) is 0 Å². The van der Waals surface area contributed by atoms with Gasteiger partial charge in [0.2, 0.25) is 0 Å². The minimum Gasteiger partial charge on any atom is -0.333 e. The number of amides is 1. The summed E-state index contributed by atoms with van der Waals surface area (Å²) in [5, 5.41) is 9.09. The van der Waals surface area contributed by atoms with Crippen molar-refractivity contribution < 1.29 is 4.79 Å². The highest BCUT2D eigenvalue weighted by Crippen LogP contribution is 2.30. The van der Waals surface area contributed by atoms with Crippen molar-refractivity contribution in [2.45, 2.75) is 26.4 Å². The molecule has 1 amide bonds. The number of hydrogen-bond donors (Lipinski definition) is 1. The van der Waals surface area contributed by atoms with E-state index in [2.05, 4.69) is 29.5 Å². The zero-order valence-electron chi connectivity index (χ0n) is 14.9. The Bertz CT molecular complexity index is 905. The van der Waals surface area contributed by atoms with Crippen LogP contribution in [-0.2, 0) is 6.54 Å². The van der Waals surface area contributed by atoms with Gasteiger partial charge in [-0.25, -0.2) is 0 Å².